The number of Topliss-reactive ketones (excluding diaryl/α,β-unsaturated/α-hetero) is 1. The third-order valence-electron chi connectivity index (χ3n) is 8.09. The van der Waals surface area contributed by atoms with E-state index in [0.29, 0.717) is 25.3 Å². The van der Waals surface area contributed by atoms with Gasteiger partial charge in [-0.1, -0.05) is 30.3 Å². The summed E-state index contributed by atoms with van der Waals surface area (Å²) in [5.74, 6) is -2.49. The molecule has 242 valence electrons. The minimum absolute atomic E-state index is 0.0283. The second-order valence-corrected chi connectivity index (χ2v) is 11.5. The van der Waals surface area contributed by atoms with Crippen LogP contribution in [0.1, 0.15) is 44.6 Å². The van der Waals surface area contributed by atoms with Crippen LogP contribution in [0.2, 0.25) is 0 Å². The number of piperazine rings is 1. The molecule has 0 spiro atoms. The number of carbonyl (C=O) groups excluding carboxylic acids is 5. The lowest BCUT2D eigenvalue weighted by molar-refractivity contribution is -0.151. The number of piperidine rings is 1. The van der Waals surface area contributed by atoms with E-state index >= 15 is 0 Å². The summed E-state index contributed by atoms with van der Waals surface area (Å²) in [4.78, 5) is 73.1. The predicted molar refractivity (Wildman–Crippen MR) is 166 cm³/mol. The zero-order chi connectivity index (χ0) is 32.1. The van der Waals surface area contributed by atoms with Crippen molar-refractivity contribution < 1.29 is 24.0 Å². The number of hydrogen-bond acceptors (Lipinski definition) is 8. The topological polar surface area (TPSA) is 210 Å². The van der Waals surface area contributed by atoms with Crippen LogP contribution in [0.5, 0.6) is 0 Å². The molecule has 8 N–H and O–H groups in total. The number of nitrogens with zero attached hydrogens (tertiary/aromatic N) is 4. The highest BCUT2D eigenvalue weighted by molar-refractivity contribution is 6.38. The molecular weight excluding hydrogens is 566 g/mol. The molecule has 2 unspecified atom stereocenters. The van der Waals surface area contributed by atoms with Gasteiger partial charge < -0.3 is 37.6 Å². The van der Waals surface area contributed by atoms with Crippen LogP contribution in [0.25, 0.3) is 0 Å². The second kappa shape index (κ2) is 17.3. The minimum Gasteiger partial charge on any atom is -0.370 e. The molecular formula is C30H47N9O5. The molecule has 2 heterocycles. The van der Waals surface area contributed by atoms with E-state index in [-0.39, 0.29) is 56.5 Å². The maximum absolute atomic E-state index is 13.0. The number of benzene rings is 1. The number of hydrogen-bond donors (Lipinski definition) is 5. The Kier molecular flexibility index (Phi) is 13.5. The summed E-state index contributed by atoms with van der Waals surface area (Å²) in [7, 11) is 0. The summed E-state index contributed by atoms with van der Waals surface area (Å²) in [5.41, 5.74) is 17.7. The van der Waals surface area contributed by atoms with E-state index < -0.39 is 30.2 Å². The molecule has 14 heteroatoms. The Hall–Kier alpha value is -4.04. The second-order valence-electron chi connectivity index (χ2n) is 11.5. The van der Waals surface area contributed by atoms with Gasteiger partial charge in [0.05, 0.1) is 18.8 Å². The number of nitrogens with two attached hydrogens (primary N) is 3. The Labute approximate surface area is 258 Å². The zero-order valence-electron chi connectivity index (χ0n) is 25.6. The molecule has 2 aliphatic rings. The van der Waals surface area contributed by atoms with Crippen LogP contribution in [-0.2, 0) is 30.4 Å². The Morgan fingerprint density at radius 1 is 1.02 bits per heavy atom. The highest BCUT2D eigenvalue weighted by Crippen LogP contribution is 2.22. The quantitative estimate of drug-likeness (QED) is 0.0637. The third-order valence-corrected chi connectivity index (χ3v) is 8.09. The van der Waals surface area contributed by atoms with E-state index in [0.717, 1.165) is 37.9 Å². The van der Waals surface area contributed by atoms with Gasteiger partial charge in [-0.25, -0.2) is 0 Å². The van der Waals surface area contributed by atoms with Crippen molar-refractivity contribution in [1.82, 2.24) is 25.3 Å². The average molecular weight is 614 g/mol. The molecule has 4 amide bonds. The first kappa shape index (κ1) is 34.5. The van der Waals surface area contributed by atoms with Crippen molar-refractivity contribution in [2.45, 2.75) is 57.7 Å². The van der Waals surface area contributed by atoms with Gasteiger partial charge in [-0.05, 0) is 70.0 Å². The van der Waals surface area contributed by atoms with Crippen molar-refractivity contribution in [3.8, 4) is 0 Å². The SMILES string of the molecule is CC(N)N1CCC(CCN2CC(=O)N(CC(=O)NC(CCCN=C(N)N)C(=O)C(=O)NCCc3ccccc3)CC2=O)CC1. The molecule has 0 saturated carbocycles. The fraction of sp³-hybridized carbons (Fsp3) is 0.600. The number of amides is 4. The van der Waals surface area contributed by atoms with E-state index in [9.17, 15) is 24.0 Å². The largest absolute Gasteiger partial charge is 0.370 e. The maximum atomic E-state index is 13.0. The molecule has 0 aromatic heterocycles. The van der Waals surface area contributed by atoms with Crippen molar-refractivity contribution in [3.63, 3.8) is 0 Å². The number of rotatable bonds is 16. The zero-order valence-corrected chi connectivity index (χ0v) is 25.6. The van der Waals surface area contributed by atoms with E-state index in [1.54, 1.807) is 4.90 Å². The average Bonchev–Trinajstić information content (AvgIpc) is 2.99. The smallest absolute Gasteiger partial charge is 0.289 e. The Morgan fingerprint density at radius 2 is 1.68 bits per heavy atom. The van der Waals surface area contributed by atoms with E-state index in [1.807, 2.05) is 37.3 Å². The molecule has 0 radical (unpaired) electrons. The lowest BCUT2D eigenvalue weighted by Gasteiger charge is -2.37. The summed E-state index contributed by atoms with van der Waals surface area (Å²) < 4.78 is 0. The van der Waals surface area contributed by atoms with Gasteiger partial charge in [0.25, 0.3) is 5.91 Å². The van der Waals surface area contributed by atoms with Gasteiger partial charge in [-0.3, -0.25) is 33.9 Å². The summed E-state index contributed by atoms with van der Waals surface area (Å²) in [5, 5.41) is 5.18. The van der Waals surface area contributed by atoms with Crippen LogP contribution in [0, 0.1) is 5.92 Å². The number of nitrogens with one attached hydrogen (secondary N) is 2. The van der Waals surface area contributed by atoms with Crippen LogP contribution in [0.3, 0.4) is 0 Å². The van der Waals surface area contributed by atoms with Crippen LogP contribution in [0.15, 0.2) is 35.3 Å². The molecule has 44 heavy (non-hydrogen) atoms. The van der Waals surface area contributed by atoms with Gasteiger partial charge in [0.15, 0.2) is 5.96 Å². The highest BCUT2D eigenvalue weighted by atomic mass is 16.2. The van der Waals surface area contributed by atoms with E-state index in [2.05, 4.69) is 20.5 Å². The predicted octanol–water partition coefficient (Wildman–Crippen LogP) is -1.47. The summed E-state index contributed by atoms with van der Waals surface area (Å²) in [6, 6.07) is 8.35. The molecule has 14 nitrogen and oxygen atoms in total. The first-order valence-corrected chi connectivity index (χ1v) is 15.3. The van der Waals surface area contributed by atoms with Gasteiger partial charge >= 0.3 is 0 Å². The van der Waals surface area contributed by atoms with Crippen LogP contribution in [-0.4, -0.2) is 115 Å². The maximum Gasteiger partial charge on any atom is 0.289 e. The molecule has 1 aromatic carbocycles. The summed E-state index contributed by atoms with van der Waals surface area (Å²) in [6.45, 7) is 4.03. The van der Waals surface area contributed by atoms with Gasteiger partial charge in [0, 0.05) is 19.6 Å². The standard InChI is InChI=1S/C30H47N9O5/c1-21(31)37-15-10-23(11-16-37)12-17-38-19-27(42)39(20-26(38)41)18-25(40)36-24(8-5-13-35-30(32)33)28(43)29(44)34-14-9-22-6-3-2-4-7-22/h2-4,6-7,21,23-24H,5,8-20,31H2,1H3,(H,34,44)(H,36,40)(H4,32,33,35). The molecule has 0 bridgehead atoms. The Bertz CT molecular complexity index is 1160. The fourth-order valence-electron chi connectivity index (χ4n) is 5.43. The number of likely N-dealkylation sites (tertiary alicyclic amines) is 1. The van der Waals surface area contributed by atoms with Crippen LogP contribution < -0.4 is 27.8 Å². The fourth-order valence-corrected chi connectivity index (χ4v) is 5.43. The number of ketones is 1. The van der Waals surface area contributed by atoms with Gasteiger partial charge in [-0.2, -0.15) is 0 Å². The van der Waals surface area contributed by atoms with Crippen LogP contribution in [0.4, 0.5) is 0 Å². The lowest BCUT2D eigenvalue weighted by atomic mass is 9.93. The van der Waals surface area contributed by atoms with Crippen molar-refractivity contribution in [2.75, 3.05) is 52.4 Å². The number of guanidine groups is 1. The Balaban J connectivity index is 1.49. The lowest BCUT2D eigenvalue weighted by Crippen LogP contribution is -2.57. The minimum atomic E-state index is -1.14. The molecule has 2 saturated heterocycles. The van der Waals surface area contributed by atoms with Crippen molar-refractivity contribution in [3.05, 3.63) is 35.9 Å². The summed E-state index contributed by atoms with van der Waals surface area (Å²) >= 11 is 0. The third kappa shape index (κ3) is 11.2. The summed E-state index contributed by atoms with van der Waals surface area (Å²) in [6.07, 6.45) is 3.81. The Morgan fingerprint density at radius 3 is 2.34 bits per heavy atom. The molecule has 1 aromatic rings. The molecule has 0 aliphatic carbocycles. The van der Waals surface area contributed by atoms with Crippen molar-refractivity contribution in [2.24, 2.45) is 28.1 Å². The van der Waals surface area contributed by atoms with Crippen molar-refractivity contribution in [1.29, 1.82) is 0 Å². The molecule has 2 atom stereocenters. The van der Waals surface area contributed by atoms with Gasteiger partial charge in [0.1, 0.15) is 13.1 Å². The van der Waals surface area contributed by atoms with Gasteiger partial charge in [0.2, 0.25) is 23.5 Å². The number of carbonyl (C=O) groups is 5. The molecule has 2 fully saturated rings. The molecule has 2 aliphatic heterocycles. The van der Waals surface area contributed by atoms with E-state index in [1.165, 1.54) is 4.90 Å². The van der Waals surface area contributed by atoms with Crippen molar-refractivity contribution >= 4 is 35.4 Å². The highest BCUT2D eigenvalue weighted by Gasteiger charge is 2.33. The van der Waals surface area contributed by atoms with Gasteiger partial charge in [-0.15, -0.1) is 0 Å². The normalized spacial score (nSPS) is 17.6. The first-order chi connectivity index (χ1) is 21.0. The number of aliphatic imine (C=N–C) groups is 1. The monoisotopic (exact) mass is 613 g/mol. The first-order valence-electron chi connectivity index (χ1n) is 15.3. The molecule has 3 rings (SSSR count). The van der Waals surface area contributed by atoms with Crippen LogP contribution >= 0.6 is 0 Å². The van der Waals surface area contributed by atoms with E-state index in [4.69, 9.17) is 17.2 Å².